The second kappa shape index (κ2) is 8.91. The van der Waals surface area contributed by atoms with Crippen LogP contribution in [0.3, 0.4) is 0 Å². The molecule has 0 aliphatic carbocycles. The molecule has 1 aromatic rings. The minimum absolute atomic E-state index is 0.299. The molecule has 0 spiro atoms. The predicted molar refractivity (Wildman–Crippen MR) is 116 cm³/mol. The van der Waals surface area contributed by atoms with Gasteiger partial charge in [0, 0.05) is 57.9 Å². The lowest BCUT2D eigenvalue weighted by Crippen LogP contribution is -2.65. The zero-order valence-corrected chi connectivity index (χ0v) is 18.8. The average molecular weight is 479 g/mol. The Morgan fingerprint density at radius 3 is 2.53 bits per heavy atom. The van der Waals surface area contributed by atoms with Gasteiger partial charge in [0.2, 0.25) is 0 Å². The lowest BCUT2D eigenvalue weighted by atomic mass is 10.1. The van der Waals surface area contributed by atoms with Crippen LogP contribution in [-0.2, 0) is 16.1 Å². The number of halogens is 1. The number of amides is 3. The molecule has 0 aromatic heterocycles. The normalized spacial score (nSPS) is 24.8. The lowest BCUT2D eigenvalue weighted by Gasteiger charge is -2.40. The van der Waals surface area contributed by atoms with Crippen LogP contribution in [-0.4, -0.2) is 103 Å². The minimum Gasteiger partial charge on any atom is -0.383 e. The van der Waals surface area contributed by atoms with E-state index < -0.39 is 18.2 Å². The molecule has 0 radical (unpaired) electrons. The van der Waals surface area contributed by atoms with Crippen molar-refractivity contribution in [3.63, 3.8) is 0 Å². The molecule has 10 heteroatoms. The Balaban J connectivity index is 1.44. The van der Waals surface area contributed by atoms with Crippen LogP contribution >= 0.6 is 15.9 Å². The molecule has 0 bridgehead atoms. The maximum absolute atomic E-state index is 12.6. The van der Waals surface area contributed by atoms with Crippen LogP contribution < -0.4 is 5.32 Å². The largest absolute Gasteiger partial charge is 0.383 e. The van der Waals surface area contributed by atoms with E-state index in [1.807, 2.05) is 4.90 Å². The van der Waals surface area contributed by atoms with E-state index in [2.05, 4.69) is 55.3 Å². The molecule has 1 N–H and O–H groups in total. The molecule has 3 aliphatic rings. The number of carbonyl (C=O) groups excluding carboxylic acids is 2. The van der Waals surface area contributed by atoms with Gasteiger partial charge in [-0.25, -0.2) is 9.79 Å². The number of benzene rings is 1. The van der Waals surface area contributed by atoms with Gasteiger partial charge >= 0.3 is 6.03 Å². The molecule has 1 aromatic carbocycles. The summed E-state index contributed by atoms with van der Waals surface area (Å²) in [6.07, 6.45) is -0.501. The monoisotopic (exact) mass is 478 g/mol. The van der Waals surface area contributed by atoms with E-state index in [-0.39, 0.29) is 5.91 Å². The van der Waals surface area contributed by atoms with Gasteiger partial charge in [0.25, 0.3) is 5.91 Å². The zero-order chi connectivity index (χ0) is 21.3. The molecule has 2 atom stereocenters. The van der Waals surface area contributed by atoms with Gasteiger partial charge < -0.3 is 19.4 Å². The highest BCUT2D eigenvalue weighted by Gasteiger charge is 2.49. The molecule has 30 heavy (non-hydrogen) atoms. The molecule has 3 aliphatic heterocycles. The van der Waals surface area contributed by atoms with Gasteiger partial charge in [0.05, 0.1) is 6.61 Å². The van der Waals surface area contributed by atoms with Crippen molar-refractivity contribution in [1.29, 1.82) is 0 Å². The Morgan fingerprint density at radius 1 is 1.17 bits per heavy atom. The highest BCUT2D eigenvalue weighted by molar-refractivity contribution is 9.10. The smallest absolute Gasteiger partial charge is 0.325 e. The fraction of sp³-hybridized carbons (Fsp3) is 0.550. The van der Waals surface area contributed by atoms with Crippen molar-refractivity contribution in [3.05, 3.63) is 34.3 Å². The van der Waals surface area contributed by atoms with Crippen molar-refractivity contribution in [1.82, 2.24) is 24.9 Å². The summed E-state index contributed by atoms with van der Waals surface area (Å²) in [5.74, 6) is 0.480. The highest BCUT2D eigenvalue weighted by Crippen LogP contribution is 2.26. The highest BCUT2D eigenvalue weighted by atomic mass is 79.9. The Labute approximate surface area is 184 Å². The zero-order valence-electron chi connectivity index (χ0n) is 17.3. The number of hydrogen-bond acceptors (Lipinski definition) is 7. The van der Waals surface area contributed by atoms with Crippen LogP contribution in [0, 0.1) is 0 Å². The first-order valence-corrected chi connectivity index (χ1v) is 10.9. The van der Waals surface area contributed by atoms with Crippen LogP contribution in [0.2, 0.25) is 0 Å². The van der Waals surface area contributed by atoms with E-state index in [4.69, 9.17) is 9.73 Å². The predicted octanol–water partition coefficient (Wildman–Crippen LogP) is 0.761. The number of imide groups is 1. The molecule has 2 fully saturated rings. The average Bonchev–Trinajstić information content (AvgIpc) is 3.13. The molecule has 9 nitrogen and oxygen atoms in total. The van der Waals surface area contributed by atoms with Crippen LogP contribution in [0.25, 0.3) is 0 Å². The number of likely N-dealkylation sites (N-methyl/N-ethyl adjacent to an activating group) is 1. The number of aliphatic imine (C=N–C) groups is 1. The fourth-order valence-electron chi connectivity index (χ4n) is 4.16. The van der Waals surface area contributed by atoms with E-state index in [0.29, 0.717) is 13.2 Å². The number of rotatable bonds is 5. The van der Waals surface area contributed by atoms with Crippen LogP contribution in [0.15, 0.2) is 33.7 Å². The van der Waals surface area contributed by atoms with Crippen LogP contribution in [0.5, 0.6) is 0 Å². The topological polar surface area (TPSA) is 80.7 Å². The van der Waals surface area contributed by atoms with Gasteiger partial charge in [-0.3, -0.25) is 15.0 Å². The molecular formula is C20H27BrN6O3. The summed E-state index contributed by atoms with van der Waals surface area (Å²) in [5, 5.41) is 2.43. The van der Waals surface area contributed by atoms with Crippen molar-refractivity contribution in [2.75, 3.05) is 53.5 Å². The number of ether oxygens (including phenoxy) is 1. The number of hydrogen-bond donors (Lipinski definition) is 1. The van der Waals surface area contributed by atoms with Crippen LogP contribution in [0.4, 0.5) is 4.79 Å². The summed E-state index contributed by atoms with van der Waals surface area (Å²) < 4.78 is 6.34. The first kappa shape index (κ1) is 21.1. The van der Waals surface area contributed by atoms with Crippen molar-refractivity contribution in [3.8, 4) is 0 Å². The number of nitrogens with zero attached hydrogens (tertiary/aromatic N) is 5. The summed E-state index contributed by atoms with van der Waals surface area (Å²) in [6, 6.07) is 7.49. The summed E-state index contributed by atoms with van der Waals surface area (Å²) in [4.78, 5) is 37.5. The number of nitrogens with one attached hydrogen (secondary N) is 1. The van der Waals surface area contributed by atoms with E-state index in [0.717, 1.165) is 43.2 Å². The lowest BCUT2D eigenvalue weighted by molar-refractivity contribution is -0.127. The number of piperazine rings is 1. The first-order valence-electron chi connectivity index (χ1n) is 10.1. The summed E-state index contributed by atoms with van der Waals surface area (Å²) in [5.41, 5.74) is 1.29. The Hall–Kier alpha value is -2.17. The van der Waals surface area contributed by atoms with Crippen molar-refractivity contribution < 1.29 is 14.3 Å². The molecule has 4 rings (SSSR count). The van der Waals surface area contributed by atoms with Gasteiger partial charge in [-0.2, -0.15) is 0 Å². The van der Waals surface area contributed by atoms with E-state index in [1.165, 1.54) is 10.5 Å². The summed E-state index contributed by atoms with van der Waals surface area (Å²) in [6.45, 7) is 5.38. The quantitative estimate of drug-likeness (QED) is 0.672. The molecule has 0 saturated carbocycles. The van der Waals surface area contributed by atoms with Crippen molar-refractivity contribution in [2.24, 2.45) is 4.99 Å². The van der Waals surface area contributed by atoms with Gasteiger partial charge in [-0.1, -0.05) is 28.1 Å². The third-order valence-electron chi connectivity index (χ3n) is 5.85. The number of guanidine groups is 1. The Morgan fingerprint density at radius 2 is 1.87 bits per heavy atom. The van der Waals surface area contributed by atoms with Crippen molar-refractivity contribution in [2.45, 2.75) is 18.8 Å². The van der Waals surface area contributed by atoms with Gasteiger partial charge in [-0.05, 0) is 17.7 Å². The van der Waals surface area contributed by atoms with Gasteiger partial charge in [0.15, 0.2) is 18.2 Å². The molecule has 2 unspecified atom stereocenters. The van der Waals surface area contributed by atoms with E-state index in [9.17, 15) is 9.59 Å². The summed E-state index contributed by atoms with van der Waals surface area (Å²) >= 11 is 3.48. The SMILES string of the molecule is COCCN1C(N2CCN(Cc3ccc(Br)cc3)CC2)=NC2C1C(=O)NC(=O)N2C. The minimum atomic E-state index is -0.515. The molecule has 3 amide bonds. The molecule has 162 valence electrons. The molecule has 2 saturated heterocycles. The molecular weight excluding hydrogens is 452 g/mol. The number of urea groups is 1. The van der Waals surface area contributed by atoms with Crippen molar-refractivity contribution >= 4 is 33.8 Å². The third kappa shape index (κ3) is 4.17. The standard InChI is InChI=1S/C20H27BrN6O3/c1-24-17-16(18(28)23-20(24)29)27(11-12-30-2)19(22-17)26-9-7-25(8-10-26)13-14-3-5-15(21)6-4-14/h3-6,16-17H,7-13H2,1-2H3,(H,23,28,29). The number of carbonyl (C=O) groups is 2. The fourth-order valence-corrected chi connectivity index (χ4v) is 4.42. The summed E-state index contributed by atoms with van der Waals surface area (Å²) in [7, 11) is 3.32. The van der Waals surface area contributed by atoms with Gasteiger partial charge in [-0.15, -0.1) is 0 Å². The second-order valence-corrected chi connectivity index (χ2v) is 8.68. The Bertz CT molecular complexity index is 824. The van der Waals surface area contributed by atoms with E-state index >= 15 is 0 Å². The Kier molecular flexibility index (Phi) is 6.26. The number of fused-ring (bicyclic) bond motifs is 1. The first-order chi connectivity index (χ1) is 14.5. The van der Waals surface area contributed by atoms with E-state index in [1.54, 1.807) is 14.2 Å². The number of methoxy groups -OCH3 is 1. The van der Waals surface area contributed by atoms with Gasteiger partial charge in [0.1, 0.15) is 0 Å². The van der Waals surface area contributed by atoms with Crippen LogP contribution in [0.1, 0.15) is 5.56 Å². The second-order valence-electron chi connectivity index (χ2n) is 7.77. The maximum atomic E-state index is 12.6. The molecule has 3 heterocycles. The third-order valence-corrected chi connectivity index (χ3v) is 6.38. The maximum Gasteiger partial charge on any atom is 0.325 e.